The summed E-state index contributed by atoms with van der Waals surface area (Å²) in [6, 6.07) is 33.8. The van der Waals surface area contributed by atoms with Crippen molar-refractivity contribution in [1.29, 1.82) is 0 Å². The van der Waals surface area contributed by atoms with Gasteiger partial charge in [-0.05, 0) is 59.7 Å². The Labute approximate surface area is 271 Å². The van der Waals surface area contributed by atoms with Crippen molar-refractivity contribution in [3.63, 3.8) is 0 Å². The van der Waals surface area contributed by atoms with Gasteiger partial charge in [0.15, 0.2) is 0 Å². The zero-order valence-electron chi connectivity index (χ0n) is 25.1. The number of rotatable bonds is 11. The molecule has 1 heterocycles. The Morgan fingerprint density at radius 1 is 0.809 bits per heavy atom. The predicted molar refractivity (Wildman–Crippen MR) is 181 cm³/mol. The van der Waals surface area contributed by atoms with Crippen LogP contribution in [0.4, 0.5) is 4.79 Å². The molecule has 6 aromatic rings. The van der Waals surface area contributed by atoms with E-state index in [0.717, 1.165) is 33.0 Å². The number of hydrogen-bond donors (Lipinski definition) is 3. The van der Waals surface area contributed by atoms with E-state index in [1.165, 1.54) is 18.2 Å². The Bertz CT molecular complexity index is 2220. The predicted octanol–water partition coefficient (Wildman–Crippen LogP) is 7.68. The first-order chi connectivity index (χ1) is 22.8. The highest BCUT2D eigenvalue weighted by atomic mass is 32.2. The number of aryl methyl sites for hydroxylation is 1. The molecular weight excluding hydrogens is 616 g/mol. The first kappa shape index (κ1) is 31.1. The lowest BCUT2D eigenvalue weighted by Crippen LogP contribution is -2.30. The molecular formula is C37H30N2O7S. The lowest BCUT2D eigenvalue weighted by molar-refractivity contribution is 0.0981. The lowest BCUT2D eigenvalue weighted by atomic mass is 10.0. The number of para-hydroxylation sites is 1. The van der Waals surface area contributed by atoms with Crippen molar-refractivity contribution in [1.82, 2.24) is 9.71 Å². The number of carbonyl (C=O) groups excluding carboxylic acids is 1. The van der Waals surface area contributed by atoms with Crippen molar-refractivity contribution < 1.29 is 32.6 Å². The monoisotopic (exact) mass is 646 g/mol. The van der Waals surface area contributed by atoms with Crippen LogP contribution in [0.3, 0.4) is 0 Å². The van der Waals surface area contributed by atoms with Crippen molar-refractivity contribution in [2.24, 2.45) is 0 Å². The number of hydrogen-bond acceptors (Lipinski definition) is 6. The molecule has 0 spiro atoms. The fourth-order valence-electron chi connectivity index (χ4n) is 5.40. The number of H-pyrrole nitrogens is 1. The van der Waals surface area contributed by atoms with E-state index in [2.05, 4.69) is 9.71 Å². The molecule has 10 heteroatoms. The first-order valence-corrected chi connectivity index (χ1v) is 16.3. The molecule has 3 N–H and O–H groups in total. The number of fused-ring (bicyclic) bond motifs is 2. The maximum absolute atomic E-state index is 12.8. The van der Waals surface area contributed by atoms with Gasteiger partial charge in [-0.25, -0.2) is 17.9 Å². The van der Waals surface area contributed by atoms with Crippen LogP contribution in [0.5, 0.6) is 11.6 Å². The summed E-state index contributed by atoms with van der Waals surface area (Å²) in [5.74, 6) is 0.188. The van der Waals surface area contributed by atoms with Gasteiger partial charge in [0, 0.05) is 21.9 Å². The zero-order chi connectivity index (χ0) is 32.8. The maximum Gasteiger partial charge on any atom is 0.512 e. The van der Waals surface area contributed by atoms with E-state index in [9.17, 15) is 23.1 Å². The van der Waals surface area contributed by atoms with Crippen LogP contribution in [0.1, 0.15) is 33.5 Å². The van der Waals surface area contributed by atoms with Crippen LogP contribution in [-0.2, 0) is 16.4 Å². The summed E-state index contributed by atoms with van der Waals surface area (Å²) in [6.45, 7) is 0.420. The number of aromatic amines is 1. The number of carboxylic acid groups (broad SMARTS) is 1. The van der Waals surface area contributed by atoms with Crippen LogP contribution in [0.2, 0.25) is 0 Å². The van der Waals surface area contributed by atoms with Gasteiger partial charge in [0.2, 0.25) is 5.88 Å². The summed E-state index contributed by atoms with van der Waals surface area (Å²) in [6.07, 6.45) is 3.30. The topological polar surface area (TPSA) is 135 Å². The van der Waals surface area contributed by atoms with E-state index < -0.39 is 22.1 Å². The standard InChI is InChI=1S/C37H30N2O7S/c40-35(39-47(43,44)29-15-2-1-3-16-29)28-14-6-10-25(24-28)21-22-27-13-7-18-31-32(36(38-34(27)31)46-37(41)42)19-9-23-45-33-20-8-12-26-11-4-5-17-30(26)33/h1-8,10-18,20-22,24,38H,9,19,23H2,(H,39,40)(H,41,42)/b22-21+. The Hall–Kier alpha value is -5.87. The van der Waals surface area contributed by atoms with Crippen LogP contribution in [-0.4, -0.2) is 37.2 Å². The molecule has 0 saturated heterocycles. The van der Waals surface area contributed by atoms with E-state index in [1.54, 1.807) is 42.5 Å². The van der Waals surface area contributed by atoms with Crippen molar-refractivity contribution in [2.45, 2.75) is 17.7 Å². The Balaban J connectivity index is 1.19. The van der Waals surface area contributed by atoms with Crippen LogP contribution in [0.25, 0.3) is 33.8 Å². The van der Waals surface area contributed by atoms with Gasteiger partial charge in [0.25, 0.3) is 15.9 Å². The van der Waals surface area contributed by atoms with E-state index in [0.29, 0.717) is 30.5 Å². The third-order valence-electron chi connectivity index (χ3n) is 7.59. The van der Waals surface area contributed by atoms with Gasteiger partial charge >= 0.3 is 6.16 Å². The average molecular weight is 647 g/mol. The second-order valence-electron chi connectivity index (χ2n) is 10.7. The van der Waals surface area contributed by atoms with Gasteiger partial charge in [-0.2, -0.15) is 0 Å². The Morgan fingerprint density at radius 3 is 2.36 bits per heavy atom. The second kappa shape index (κ2) is 13.6. The van der Waals surface area contributed by atoms with Crippen molar-refractivity contribution >= 4 is 55.9 Å². The summed E-state index contributed by atoms with van der Waals surface area (Å²) < 4.78 is 38.6. The lowest BCUT2D eigenvalue weighted by Gasteiger charge is -2.09. The van der Waals surface area contributed by atoms with Crippen molar-refractivity contribution in [3.05, 3.63) is 138 Å². The Morgan fingerprint density at radius 2 is 1.53 bits per heavy atom. The van der Waals surface area contributed by atoms with Gasteiger partial charge in [-0.15, -0.1) is 0 Å². The molecule has 0 aliphatic heterocycles. The number of aromatic nitrogens is 1. The number of amides is 1. The van der Waals surface area contributed by atoms with Gasteiger partial charge in [-0.3, -0.25) is 4.79 Å². The average Bonchev–Trinajstić information content (AvgIpc) is 3.42. The molecule has 0 atom stereocenters. The molecule has 5 aromatic carbocycles. The summed E-state index contributed by atoms with van der Waals surface area (Å²) in [5, 5.41) is 12.3. The molecule has 47 heavy (non-hydrogen) atoms. The molecule has 1 aromatic heterocycles. The van der Waals surface area contributed by atoms with Crippen molar-refractivity contribution in [2.75, 3.05) is 6.61 Å². The highest BCUT2D eigenvalue weighted by Gasteiger charge is 2.19. The molecule has 236 valence electrons. The quantitative estimate of drug-likeness (QED) is 0.0747. The maximum atomic E-state index is 12.8. The van der Waals surface area contributed by atoms with Crippen LogP contribution in [0, 0.1) is 0 Å². The molecule has 6 rings (SSSR count). The Kier molecular flexibility index (Phi) is 9.03. The highest BCUT2D eigenvalue weighted by molar-refractivity contribution is 7.90. The molecule has 0 unspecified atom stereocenters. The summed E-state index contributed by atoms with van der Waals surface area (Å²) in [5.41, 5.74) is 3.00. The fourth-order valence-corrected chi connectivity index (χ4v) is 6.39. The number of benzene rings is 5. The van der Waals surface area contributed by atoms with Crippen LogP contribution >= 0.6 is 0 Å². The zero-order valence-corrected chi connectivity index (χ0v) is 25.9. The minimum Gasteiger partial charge on any atom is -0.493 e. The molecule has 0 fully saturated rings. The van der Waals surface area contributed by atoms with E-state index in [1.807, 2.05) is 66.7 Å². The summed E-state index contributed by atoms with van der Waals surface area (Å²) in [7, 11) is -4.03. The number of sulfonamides is 1. The first-order valence-electron chi connectivity index (χ1n) is 14.8. The third-order valence-corrected chi connectivity index (χ3v) is 8.93. The van der Waals surface area contributed by atoms with Gasteiger partial charge in [-0.1, -0.05) is 97.1 Å². The minimum absolute atomic E-state index is 0.00796. The molecule has 0 bridgehead atoms. The smallest absolute Gasteiger partial charge is 0.493 e. The molecule has 1 amide bonds. The molecule has 9 nitrogen and oxygen atoms in total. The minimum atomic E-state index is -4.03. The number of nitrogens with one attached hydrogen (secondary N) is 2. The number of ether oxygens (including phenoxy) is 2. The SMILES string of the molecule is O=C(O)Oc1[nH]c2c(/C=C/c3cccc(C(=O)NS(=O)(=O)c4ccccc4)c3)cccc2c1CCCOc1cccc2ccccc12. The summed E-state index contributed by atoms with van der Waals surface area (Å²) >= 11 is 0. The largest absolute Gasteiger partial charge is 0.512 e. The molecule has 0 saturated carbocycles. The van der Waals surface area contributed by atoms with E-state index in [-0.39, 0.29) is 16.3 Å². The van der Waals surface area contributed by atoms with Gasteiger partial charge < -0.3 is 19.6 Å². The van der Waals surface area contributed by atoms with Gasteiger partial charge in [0.1, 0.15) is 5.75 Å². The number of carbonyl (C=O) groups is 2. The van der Waals surface area contributed by atoms with E-state index in [4.69, 9.17) is 9.47 Å². The van der Waals surface area contributed by atoms with Gasteiger partial charge in [0.05, 0.1) is 17.0 Å². The molecule has 0 radical (unpaired) electrons. The van der Waals surface area contributed by atoms with Crippen LogP contribution < -0.4 is 14.2 Å². The normalized spacial score (nSPS) is 11.6. The van der Waals surface area contributed by atoms with Crippen molar-refractivity contribution in [3.8, 4) is 11.6 Å². The third kappa shape index (κ3) is 7.18. The fraction of sp³-hybridized carbons (Fsp3) is 0.0811. The molecule has 0 aliphatic carbocycles. The molecule has 0 aliphatic rings. The van der Waals surface area contributed by atoms with E-state index >= 15 is 0 Å². The van der Waals surface area contributed by atoms with Crippen LogP contribution in [0.15, 0.2) is 120 Å². The highest BCUT2D eigenvalue weighted by Crippen LogP contribution is 2.33. The summed E-state index contributed by atoms with van der Waals surface area (Å²) in [4.78, 5) is 27.5. The second-order valence-corrected chi connectivity index (χ2v) is 12.4.